The molecule has 0 saturated heterocycles. The Bertz CT molecular complexity index is 559. The van der Waals surface area contributed by atoms with E-state index in [4.69, 9.17) is 0 Å². The Morgan fingerprint density at radius 2 is 1.95 bits per heavy atom. The van der Waals surface area contributed by atoms with Gasteiger partial charge >= 0.3 is 0 Å². The molecule has 1 aromatic carbocycles. The molecule has 4 heteroatoms. The summed E-state index contributed by atoms with van der Waals surface area (Å²) < 4.78 is 0. The minimum atomic E-state index is -0.586. The average molecular weight is 257 g/mol. The van der Waals surface area contributed by atoms with Crippen LogP contribution in [0.3, 0.4) is 0 Å². The van der Waals surface area contributed by atoms with Gasteiger partial charge in [-0.15, -0.1) is 5.10 Å². The maximum atomic E-state index is 10.5. The number of rotatable bonds is 3. The largest absolute Gasteiger partial charge is 0.388 e. The molecule has 0 atom stereocenters. The third kappa shape index (κ3) is 2.68. The summed E-state index contributed by atoms with van der Waals surface area (Å²) in [5.74, 6) is 0.761. The van der Waals surface area contributed by atoms with Gasteiger partial charge in [-0.1, -0.05) is 43.5 Å². The zero-order chi connectivity index (χ0) is 13.1. The van der Waals surface area contributed by atoms with Crippen LogP contribution in [0, 0.1) is 0 Å². The second-order valence-electron chi connectivity index (χ2n) is 5.42. The molecule has 3 rings (SSSR count). The van der Waals surface area contributed by atoms with Gasteiger partial charge in [0.25, 0.3) is 0 Å². The number of hydrogen-bond acceptors (Lipinski definition) is 4. The molecule has 1 heterocycles. The summed E-state index contributed by atoms with van der Waals surface area (Å²) in [5.41, 5.74) is -0.586. The van der Waals surface area contributed by atoms with Gasteiger partial charge < -0.3 is 10.4 Å². The lowest BCUT2D eigenvalue weighted by Crippen LogP contribution is -2.39. The van der Waals surface area contributed by atoms with Crippen LogP contribution >= 0.6 is 0 Å². The van der Waals surface area contributed by atoms with Crippen molar-refractivity contribution in [1.82, 2.24) is 10.2 Å². The molecule has 100 valence electrons. The van der Waals surface area contributed by atoms with Gasteiger partial charge in [0.15, 0.2) is 5.82 Å². The van der Waals surface area contributed by atoms with E-state index >= 15 is 0 Å². The molecule has 2 aromatic rings. The van der Waals surface area contributed by atoms with E-state index in [1.807, 2.05) is 24.3 Å². The van der Waals surface area contributed by atoms with Crippen molar-refractivity contribution in [3.05, 3.63) is 30.5 Å². The van der Waals surface area contributed by atoms with Crippen molar-refractivity contribution in [1.29, 1.82) is 0 Å². The Morgan fingerprint density at radius 1 is 1.16 bits per heavy atom. The number of nitrogens with one attached hydrogen (secondary N) is 1. The van der Waals surface area contributed by atoms with Crippen LogP contribution in [-0.2, 0) is 0 Å². The fourth-order valence-corrected chi connectivity index (χ4v) is 2.79. The average Bonchev–Trinajstić information content (AvgIpc) is 2.46. The molecular formula is C15H19N3O. The quantitative estimate of drug-likeness (QED) is 0.887. The number of benzene rings is 1. The first kappa shape index (κ1) is 12.4. The lowest BCUT2D eigenvalue weighted by molar-refractivity contribution is 0.0167. The van der Waals surface area contributed by atoms with E-state index in [-0.39, 0.29) is 0 Å². The summed E-state index contributed by atoms with van der Waals surface area (Å²) in [6.07, 6.45) is 6.96. The molecule has 0 unspecified atom stereocenters. The fourth-order valence-electron chi connectivity index (χ4n) is 2.79. The summed E-state index contributed by atoms with van der Waals surface area (Å²) in [6, 6.07) is 8.02. The first-order valence-electron chi connectivity index (χ1n) is 6.94. The van der Waals surface area contributed by atoms with Gasteiger partial charge in [0.1, 0.15) is 0 Å². The minimum Gasteiger partial charge on any atom is -0.388 e. The van der Waals surface area contributed by atoms with E-state index in [0.29, 0.717) is 6.54 Å². The van der Waals surface area contributed by atoms with Crippen molar-refractivity contribution in [2.24, 2.45) is 0 Å². The van der Waals surface area contributed by atoms with Gasteiger partial charge in [-0.2, -0.15) is 5.10 Å². The van der Waals surface area contributed by atoms with Crippen LogP contribution < -0.4 is 5.32 Å². The highest BCUT2D eigenvalue weighted by Crippen LogP contribution is 2.29. The highest BCUT2D eigenvalue weighted by Gasteiger charge is 2.29. The monoisotopic (exact) mass is 257 g/mol. The van der Waals surface area contributed by atoms with Crippen LogP contribution in [-0.4, -0.2) is 27.4 Å². The van der Waals surface area contributed by atoms with Gasteiger partial charge in [0.05, 0.1) is 11.8 Å². The molecule has 1 saturated carbocycles. The van der Waals surface area contributed by atoms with Crippen molar-refractivity contribution in [3.8, 4) is 0 Å². The Kier molecular flexibility index (Phi) is 3.34. The summed E-state index contributed by atoms with van der Waals surface area (Å²) in [7, 11) is 0. The van der Waals surface area contributed by atoms with Crippen LogP contribution in [0.4, 0.5) is 5.82 Å². The predicted molar refractivity (Wildman–Crippen MR) is 76.1 cm³/mol. The highest BCUT2D eigenvalue weighted by molar-refractivity contribution is 5.90. The second kappa shape index (κ2) is 5.13. The number of aliphatic hydroxyl groups is 1. The number of nitrogens with zero attached hydrogens (tertiary/aromatic N) is 2. The van der Waals surface area contributed by atoms with E-state index in [2.05, 4.69) is 15.5 Å². The van der Waals surface area contributed by atoms with E-state index in [0.717, 1.165) is 42.3 Å². The smallest absolute Gasteiger partial charge is 0.156 e. The van der Waals surface area contributed by atoms with E-state index in [1.165, 1.54) is 6.42 Å². The Balaban J connectivity index is 1.78. The molecule has 1 aliphatic carbocycles. The highest BCUT2D eigenvalue weighted by atomic mass is 16.3. The molecule has 4 nitrogen and oxygen atoms in total. The lowest BCUT2D eigenvalue weighted by atomic mass is 9.85. The lowest BCUT2D eigenvalue weighted by Gasteiger charge is -2.32. The van der Waals surface area contributed by atoms with Crippen LogP contribution in [0.15, 0.2) is 30.5 Å². The molecule has 1 fully saturated rings. The van der Waals surface area contributed by atoms with Gasteiger partial charge in [-0.05, 0) is 12.8 Å². The van der Waals surface area contributed by atoms with Crippen LogP contribution in [0.1, 0.15) is 32.1 Å². The Morgan fingerprint density at radius 3 is 2.79 bits per heavy atom. The number of aromatic nitrogens is 2. The molecular weight excluding hydrogens is 238 g/mol. The van der Waals surface area contributed by atoms with Gasteiger partial charge in [0, 0.05) is 17.3 Å². The first-order chi connectivity index (χ1) is 9.27. The topological polar surface area (TPSA) is 58.0 Å². The van der Waals surface area contributed by atoms with Crippen LogP contribution in [0.5, 0.6) is 0 Å². The zero-order valence-corrected chi connectivity index (χ0v) is 11.0. The third-order valence-corrected chi connectivity index (χ3v) is 3.94. The molecule has 0 bridgehead atoms. The van der Waals surface area contributed by atoms with E-state index in [9.17, 15) is 5.11 Å². The van der Waals surface area contributed by atoms with Crippen molar-refractivity contribution in [2.75, 3.05) is 11.9 Å². The second-order valence-corrected chi connectivity index (χ2v) is 5.42. The predicted octanol–water partition coefficient (Wildman–Crippen LogP) is 2.74. The SMILES string of the molecule is OC1(CNc2nncc3ccccc23)CCCCC1. The summed E-state index contributed by atoms with van der Waals surface area (Å²) >= 11 is 0. The molecule has 0 radical (unpaired) electrons. The maximum absolute atomic E-state index is 10.5. The molecule has 0 aliphatic heterocycles. The van der Waals surface area contributed by atoms with Crippen molar-refractivity contribution < 1.29 is 5.11 Å². The normalized spacial score (nSPS) is 18.4. The van der Waals surface area contributed by atoms with Crippen LogP contribution in [0.2, 0.25) is 0 Å². The Labute approximate surface area is 112 Å². The van der Waals surface area contributed by atoms with Crippen molar-refractivity contribution in [3.63, 3.8) is 0 Å². The summed E-state index contributed by atoms with van der Waals surface area (Å²) in [4.78, 5) is 0. The van der Waals surface area contributed by atoms with Gasteiger partial charge in [-0.25, -0.2) is 0 Å². The number of anilines is 1. The third-order valence-electron chi connectivity index (χ3n) is 3.94. The van der Waals surface area contributed by atoms with Gasteiger partial charge in [-0.3, -0.25) is 0 Å². The molecule has 0 amide bonds. The molecule has 1 aliphatic rings. The summed E-state index contributed by atoms with van der Waals surface area (Å²) in [6.45, 7) is 0.551. The molecule has 19 heavy (non-hydrogen) atoms. The standard InChI is InChI=1S/C15H19N3O/c19-15(8-4-1-5-9-15)11-16-14-13-7-3-2-6-12(13)10-17-18-14/h2-3,6-7,10,19H,1,4-5,8-9,11H2,(H,16,18). The summed E-state index contributed by atoms with van der Waals surface area (Å²) in [5, 5.41) is 24.0. The molecule has 0 spiro atoms. The van der Waals surface area contributed by atoms with E-state index < -0.39 is 5.60 Å². The van der Waals surface area contributed by atoms with Crippen molar-refractivity contribution >= 4 is 16.6 Å². The van der Waals surface area contributed by atoms with Crippen LogP contribution in [0.25, 0.3) is 10.8 Å². The Hall–Kier alpha value is -1.68. The van der Waals surface area contributed by atoms with Gasteiger partial charge in [0.2, 0.25) is 0 Å². The van der Waals surface area contributed by atoms with E-state index in [1.54, 1.807) is 6.20 Å². The molecule has 1 aromatic heterocycles. The minimum absolute atomic E-state index is 0.551. The number of hydrogen-bond donors (Lipinski definition) is 2. The van der Waals surface area contributed by atoms with Crippen molar-refractivity contribution in [2.45, 2.75) is 37.7 Å². The maximum Gasteiger partial charge on any atom is 0.156 e. The fraction of sp³-hybridized carbons (Fsp3) is 0.467. The number of fused-ring (bicyclic) bond motifs is 1. The first-order valence-corrected chi connectivity index (χ1v) is 6.94. The zero-order valence-electron chi connectivity index (χ0n) is 11.0. The molecule has 2 N–H and O–H groups in total.